The van der Waals surface area contributed by atoms with Crippen LogP contribution in [0.3, 0.4) is 0 Å². The first-order chi connectivity index (χ1) is 17.1. The monoisotopic (exact) mass is 502 g/mol. The number of aliphatic hydroxyl groups excluding tert-OH is 1. The molecule has 0 radical (unpaired) electrons. The second kappa shape index (κ2) is 10.3. The largest absolute Gasteiger partial charge is 0.416 e. The Kier molecular flexibility index (Phi) is 7.37. The summed E-state index contributed by atoms with van der Waals surface area (Å²) in [6, 6.07) is 12.0. The van der Waals surface area contributed by atoms with Crippen LogP contribution in [0.1, 0.15) is 59.6 Å². The Morgan fingerprint density at radius 3 is 2.36 bits per heavy atom. The fraction of sp³-hybridized carbons (Fsp3) is 0.385. The van der Waals surface area contributed by atoms with E-state index in [0.29, 0.717) is 29.8 Å². The lowest BCUT2D eigenvalue weighted by molar-refractivity contribution is -0.137. The first kappa shape index (κ1) is 25.7. The highest BCUT2D eigenvalue weighted by atomic mass is 19.4. The summed E-state index contributed by atoms with van der Waals surface area (Å²) in [5.41, 5.74) is 2.36. The summed E-state index contributed by atoms with van der Waals surface area (Å²) >= 11 is 0. The summed E-state index contributed by atoms with van der Waals surface area (Å²) in [5.74, 6) is 0.181. The van der Waals surface area contributed by atoms with Gasteiger partial charge in [0.1, 0.15) is 12.8 Å². The Hall–Kier alpha value is -3.37. The van der Waals surface area contributed by atoms with E-state index in [0.717, 1.165) is 28.0 Å². The van der Waals surface area contributed by atoms with Gasteiger partial charge in [-0.1, -0.05) is 42.0 Å². The Labute approximate surface area is 207 Å². The molecule has 0 bridgehead atoms. The molecule has 36 heavy (non-hydrogen) atoms. The van der Waals surface area contributed by atoms with E-state index in [1.807, 2.05) is 36.1 Å². The number of rotatable bonds is 7. The van der Waals surface area contributed by atoms with Crippen molar-refractivity contribution in [3.8, 4) is 0 Å². The molecule has 7 nitrogen and oxygen atoms in total. The van der Waals surface area contributed by atoms with Crippen molar-refractivity contribution in [1.29, 1.82) is 0 Å². The SMILES string of the molecule is CCOn1c(NC(C)c2ccc(C(F)(F)F)cc2)nc2c(c1=O)CN(C(O)c1ccc(C)cc1)CC2. The predicted molar refractivity (Wildman–Crippen MR) is 129 cm³/mol. The van der Waals surface area contributed by atoms with E-state index in [4.69, 9.17) is 4.84 Å². The van der Waals surface area contributed by atoms with Gasteiger partial charge >= 0.3 is 6.18 Å². The Morgan fingerprint density at radius 2 is 1.75 bits per heavy atom. The van der Waals surface area contributed by atoms with Crippen LogP contribution < -0.4 is 15.7 Å². The maximum absolute atomic E-state index is 13.4. The first-order valence-electron chi connectivity index (χ1n) is 11.8. The molecule has 2 N–H and O–H groups in total. The number of halogens is 3. The fourth-order valence-corrected chi connectivity index (χ4v) is 4.22. The molecular formula is C26H29F3N4O3. The molecule has 1 aliphatic heterocycles. The van der Waals surface area contributed by atoms with Gasteiger partial charge in [-0.05, 0) is 44.0 Å². The Bertz CT molecular complexity index is 1260. The van der Waals surface area contributed by atoms with Crippen LogP contribution in [-0.4, -0.2) is 32.9 Å². The molecule has 0 fully saturated rings. The molecule has 0 saturated heterocycles. The minimum Gasteiger partial charge on any atom is -0.408 e. The zero-order valence-corrected chi connectivity index (χ0v) is 20.3. The van der Waals surface area contributed by atoms with Crippen molar-refractivity contribution in [2.75, 3.05) is 18.5 Å². The van der Waals surface area contributed by atoms with E-state index in [2.05, 4.69) is 10.3 Å². The van der Waals surface area contributed by atoms with E-state index in [1.54, 1.807) is 13.8 Å². The molecule has 2 unspecified atom stereocenters. The number of aliphatic hydroxyl groups is 1. The molecule has 4 rings (SSSR count). The molecule has 3 aromatic rings. The number of aryl methyl sites for hydroxylation is 1. The van der Waals surface area contributed by atoms with Crippen LogP contribution in [-0.2, 0) is 19.1 Å². The number of nitrogens with zero attached hydrogens (tertiary/aromatic N) is 3. The van der Waals surface area contributed by atoms with E-state index in [9.17, 15) is 23.1 Å². The van der Waals surface area contributed by atoms with Gasteiger partial charge in [-0.25, -0.2) is 4.98 Å². The molecule has 0 amide bonds. The quantitative estimate of drug-likeness (QED) is 0.503. The lowest BCUT2D eigenvalue weighted by Crippen LogP contribution is -2.42. The highest BCUT2D eigenvalue weighted by Crippen LogP contribution is 2.30. The molecule has 192 valence electrons. The summed E-state index contributed by atoms with van der Waals surface area (Å²) in [7, 11) is 0. The minimum absolute atomic E-state index is 0.181. The van der Waals surface area contributed by atoms with Gasteiger partial charge in [-0.15, -0.1) is 4.73 Å². The number of hydrogen-bond acceptors (Lipinski definition) is 6. The van der Waals surface area contributed by atoms with Crippen LogP contribution in [0.4, 0.5) is 19.1 Å². The van der Waals surface area contributed by atoms with Gasteiger partial charge < -0.3 is 15.3 Å². The average molecular weight is 503 g/mol. The Balaban J connectivity index is 1.59. The third kappa shape index (κ3) is 5.39. The molecule has 1 aromatic heterocycles. The van der Waals surface area contributed by atoms with Gasteiger partial charge in [-0.3, -0.25) is 9.69 Å². The van der Waals surface area contributed by atoms with E-state index in [-0.39, 0.29) is 24.7 Å². The van der Waals surface area contributed by atoms with Crippen molar-refractivity contribution in [2.45, 2.75) is 52.2 Å². The van der Waals surface area contributed by atoms with E-state index >= 15 is 0 Å². The smallest absolute Gasteiger partial charge is 0.408 e. The van der Waals surface area contributed by atoms with E-state index < -0.39 is 24.0 Å². The number of anilines is 1. The minimum atomic E-state index is -4.41. The van der Waals surface area contributed by atoms with Crippen LogP contribution in [0.5, 0.6) is 0 Å². The van der Waals surface area contributed by atoms with Crippen molar-refractivity contribution < 1.29 is 23.1 Å². The summed E-state index contributed by atoms with van der Waals surface area (Å²) in [6.45, 7) is 6.39. The highest BCUT2D eigenvalue weighted by molar-refractivity contribution is 5.37. The fourth-order valence-electron chi connectivity index (χ4n) is 4.22. The maximum Gasteiger partial charge on any atom is 0.416 e. The van der Waals surface area contributed by atoms with Gasteiger partial charge in [0.05, 0.1) is 22.9 Å². The van der Waals surface area contributed by atoms with E-state index in [1.165, 1.54) is 12.1 Å². The second-order valence-corrected chi connectivity index (χ2v) is 8.87. The summed E-state index contributed by atoms with van der Waals surface area (Å²) in [4.78, 5) is 25.4. The summed E-state index contributed by atoms with van der Waals surface area (Å²) in [5, 5.41) is 14.0. The lowest BCUT2D eigenvalue weighted by atomic mass is 10.0. The lowest BCUT2D eigenvalue weighted by Gasteiger charge is -2.32. The zero-order chi connectivity index (χ0) is 26.0. The van der Waals surface area contributed by atoms with Crippen molar-refractivity contribution >= 4 is 5.95 Å². The number of fused-ring (bicyclic) bond motifs is 1. The highest BCUT2D eigenvalue weighted by Gasteiger charge is 2.31. The molecule has 2 atom stereocenters. The summed E-state index contributed by atoms with van der Waals surface area (Å²) in [6.07, 6.45) is -4.83. The third-order valence-electron chi connectivity index (χ3n) is 6.28. The normalized spacial score (nSPS) is 15.8. The molecular weight excluding hydrogens is 473 g/mol. The average Bonchev–Trinajstić information content (AvgIpc) is 2.86. The summed E-state index contributed by atoms with van der Waals surface area (Å²) < 4.78 is 39.8. The van der Waals surface area contributed by atoms with Gasteiger partial charge in [0, 0.05) is 19.5 Å². The van der Waals surface area contributed by atoms with Crippen molar-refractivity contribution in [1.82, 2.24) is 14.6 Å². The number of benzene rings is 2. The van der Waals surface area contributed by atoms with Crippen LogP contribution in [0.25, 0.3) is 0 Å². The van der Waals surface area contributed by atoms with Crippen molar-refractivity contribution in [2.24, 2.45) is 0 Å². The number of nitrogens with one attached hydrogen (secondary N) is 1. The molecule has 1 aliphatic rings. The second-order valence-electron chi connectivity index (χ2n) is 8.87. The number of alkyl halides is 3. The molecule has 2 aromatic carbocycles. The van der Waals surface area contributed by atoms with Crippen molar-refractivity contribution in [3.05, 3.63) is 92.4 Å². The number of hydrogen-bond donors (Lipinski definition) is 2. The van der Waals surface area contributed by atoms with Gasteiger partial charge in [-0.2, -0.15) is 13.2 Å². The predicted octanol–water partition coefficient (Wildman–Crippen LogP) is 4.24. The molecule has 2 heterocycles. The zero-order valence-electron chi connectivity index (χ0n) is 20.3. The standard InChI is InChI=1S/C26H29F3N4O3/c1-4-36-33-24(35)21-15-32(23(34)19-7-5-16(2)6-8-19)14-13-22(21)31-25(33)30-17(3)18-9-11-20(12-10-18)26(27,28)29/h5-12,17,23,34H,4,13-15H2,1-3H3,(H,30,31). The number of aromatic nitrogens is 2. The van der Waals surface area contributed by atoms with Gasteiger partial charge in [0.25, 0.3) is 5.56 Å². The maximum atomic E-state index is 13.4. The van der Waals surface area contributed by atoms with Crippen LogP contribution in [0, 0.1) is 6.92 Å². The van der Waals surface area contributed by atoms with Gasteiger partial charge in [0.2, 0.25) is 5.95 Å². The van der Waals surface area contributed by atoms with Crippen LogP contribution in [0.2, 0.25) is 0 Å². The molecule has 0 aliphatic carbocycles. The topological polar surface area (TPSA) is 79.6 Å². The van der Waals surface area contributed by atoms with Crippen molar-refractivity contribution in [3.63, 3.8) is 0 Å². The molecule has 10 heteroatoms. The van der Waals surface area contributed by atoms with Crippen LogP contribution in [0.15, 0.2) is 53.3 Å². The van der Waals surface area contributed by atoms with Gasteiger partial charge in [0.15, 0.2) is 0 Å². The third-order valence-corrected chi connectivity index (χ3v) is 6.28. The first-order valence-corrected chi connectivity index (χ1v) is 11.8. The molecule has 0 spiro atoms. The Morgan fingerprint density at radius 1 is 1.11 bits per heavy atom. The molecule has 0 saturated carbocycles. The van der Waals surface area contributed by atoms with Crippen LogP contribution >= 0.6 is 0 Å².